The van der Waals surface area contributed by atoms with Crippen LogP contribution >= 0.6 is 0 Å². The minimum atomic E-state index is 1.10. The zero-order valence-corrected chi connectivity index (χ0v) is 9.97. The first-order valence-electron chi connectivity index (χ1n) is 6.18. The topological polar surface area (TPSA) is 0 Å². The Kier molecular flexibility index (Phi) is 12.0. The van der Waals surface area contributed by atoms with E-state index < -0.39 is 0 Å². The summed E-state index contributed by atoms with van der Waals surface area (Å²) in [6.45, 7) is 4.34. The lowest BCUT2D eigenvalue weighted by Crippen LogP contribution is -1.77. The zero-order chi connectivity index (χ0) is 10.5. The summed E-state index contributed by atoms with van der Waals surface area (Å²) >= 11 is 0. The Labute approximate surface area is 90.1 Å². The van der Waals surface area contributed by atoms with Crippen LogP contribution in [0.1, 0.15) is 65.2 Å². The maximum Gasteiger partial charge on any atom is -0.0169 e. The van der Waals surface area contributed by atoms with Crippen molar-refractivity contribution < 1.29 is 0 Å². The van der Waals surface area contributed by atoms with Gasteiger partial charge in [0.2, 0.25) is 0 Å². The van der Waals surface area contributed by atoms with Gasteiger partial charge in [-0.2, -0.15) is 0 Å². The van der Waals surface area contributed by atoms with Crippen molar-refractivity contribution in [2.45, 2.75) is 65.2 Å². The molecule has 0 bridgehead atoms. The smallest absolute Gasteiger partial charge is 0.0169 e. The number of hydrogen-bond donors (Lipinski definition) is 0. The molecule has 0 amide bonds. The van der Waals surface area contributed by atoms with Crippen LogP contribution in [0.25, 0.3) is 0 Å². The molecular weight excluding hydrogens is 168 g/mol. The fourth-order valence-electron chi connectivity index (χ4n) is 1.47. The molecule has 0 heterocycles. The summed E-state index contributed by atoms with van der Waals surface area (Å²) in [5, 5.41) is 0. The Hall–Kier alpha value is -0.520. The zero-order valence-electron chi connectivity index (χ0n) is 9.97. The molecule has 0 unspecified atom stereocenters. The van der Waals surface area contributed by atoms with Gasteiger partial charge in [0.05, 0.1) is 0 Å². The average Bonchev–Trinajstić information content (AvgIpc) is 2.21. The Bertz CT molecular complexity index is 142. The first-order chi connectivity index (χ1) is 6.91. The molecule has 0 N–H and O–H groups in total. The fourth-order valence-corrected chi connectivity index (χ4v) is 1.47. The molecule has 0 aromatic rings. The van der Waals surface area contributed by atoms with Crippen molar-refractivity contribution in [3.63, 3.8) is 0 Å². The van der Waals surface area contributed by atoms with Gasteiger partial charge < -0.3 is 0 Å². The highest BCUT2D eigenvalue weighted by molar-refractivity contribution is 4.91. The molecule has 0 aliphatic rings. The first-order valence-corrected chi connectivity index (χ1v) is 6.18. The molecule has 0 spiro atoms. The molecule has 0 aliphatic carbocycles. The summed E-state index contributed by atoms with van der Waals surface area (Å²) in [5.74, 6) is 0. The second-order valence-corrected chi connectivity index (χ2v) is 3.83. The molecule has 0 fully saturated rings. The van der Waals surface area contributed by atoms with Gasteiger partial charge in [-0.3, -0.25) is 0 Å². The predicted octanol–water partition coefficient (Wildman–Crippen LogP) is 5.26. The molecule has 14 heavy (non-hydrogen) atoms. The van der Waals surface area contributed by atoms with Crippen LogP contribution in [0.15, 0.2) is 24.3 Å². The molecule has 0 saturated heterocycles. The van der Waals surface area contributed by atoms with E-state index in [4.69, 9.17) is 0 Å². The van der Waals surface area contributed by atoms with Crippen LogP contribution in [0.2, 0.25) is 0 Å². The molecule has 0 aromatic carbocycles. The van der Waals surface area contributed by atoms with Crippen LogP contribution in [0, 0.1) is 0 Å². The minimum absolute atomic E-state index is 1.10. The van der Waals surface area contributed by atoms with Crippen molar-refractivity contribution in [2.75, 3.05) is 0 Å². The van der Waals surface area contributed by atoms with E-state index in [2.05, 4.69) is 38.2 Å². The van der Waals surface area contributed by atoms with Crippen molar-refractivity contribution in [1.29, 1.82) is 0 Å². The summed E-state index contributed by atoms with van der Waals surface area (Å²) in [5.41, 5.74) is 0. The van der Waals surface area contributed by atoms with Gasteiger partial charge in [0.1, 0.15) is 0 Å². The molecule has 82 valence electrons. The van der Waals surface area contributed by atoms with E-state index in [1.54, 1.807) is 0 Å². The van der Waals surface area contributed by atoms with Crippen LogP contribution in [0.3, 0.4) is 0 Å². The summed E-state index contributed by atoms with van der Waals surface area (Å²) in [7, 11) is 0. The SMILES string of the molecule is C/C=C/C/C=C\CCCCCCCC. The minimum Gasteiger partial charge on any atom is -0.0914 e. The highest BCUT2D eigenvalue weighted by Crippen LogP contribution is 2.07. The number of hydrogen-bond acceptors (Lipinski definition) is 0. The maximum atomic E-state index is 2.32. The van der Waals surface area contributed by atoms with Gasteiger partial charge in [-0.05, 0) is 26.2 Å². The van der Waals surface area contributed by atoms with Crippen LogP contribution in [0.5, 0.6) is 0 Å². The van der Waals surface area contributed by atoms with E-state index in [0.717, 1.165) is 6.42 Å². The third-order valence-electron chi connectivity index (χ3n) is 2.40. The summed E-state index contributed by atoms with van der Waals surface area (Å²) in [6.07, 6.45) is 19.7. The van der Waals surface area contributed by atoms with Gasteiger partial charge in [0.25, 0.3) is 0 Å². The number of unbranched alkanes of at least 4 members (excludes halogenated alkanes) is 6. The standard InChI is InChI=1S/C14H26/c1-3-5-7-9-11-13-14-12-10-8-6-4-2/h3,5,9,11H,4,6-8,10,12-14H2,1-2H3/b5-3+,11-9-. The Morgan fingerprint density at radius 1 is 0.786 bits per heavy atom. The lowest BCUT2D eigenvalue weighted by atomic mass is 10.1. The highest BCUT2D eigenvalue weighted by Gasteiger charge is 1.87. The molecule has 0 atom stereocenters. The molecule has 0 aromatic heterocycles. The van der Waals surface area contributed by atoms with E-state index in [1.165, 1.54) is 44.9 Å². The van der Waals surface area contributed by atoms with Gasteiger partial charge in [0, 0.05) is 0 Å². The molecular formula is C14H26. The fraction of sp³-hybridized carbons (Fsp3) is 0.714. The van der Waals surface area contributed by atoms with Gasteiger partial charge in [-0.1, -0.05) is 63.3 Å². The molecule has 0 heteroatoms. The molecule has 0 nitrogen and oxygen atoms in total. The highest BCUT2D eigenvalue weighted by atomic mass is 13.9. The summed E-state index contributed by atoms with van der Waals surface area (Å²) in [6, 6.07) is 0. The molecule has 0 saturated carbocycles. The monoisotopic (exact) mass is 194 g/mol. The lowest BCUT2D eigenvalue weighted by Gasteiger charge is -1.97. The second kappa shape index (κ2) is 12.5. The van der Waals surface area contributed by atoms with Crippen LogP contribution in [-0.4, -0.2) is 0 Å². The van der Waals surface area contributed by atoms with E-state index in [0.29, 0.717) is 0 Å². The van der Waals surface area contributed by atoms with Crippen LogP contribution < -0.4 is 0 Å². The van der Waals surface area contributed by atoms with Gasteiger partial charge >= 0.3 is 0 Å². The van der Waals surface area contributed by atoms with Gasteiger partial charge in [-0.25, -0.2) is 0 Å². The van der Waals surface area contributed by atoms with E-state index >= 15 is 0 Å². The van der Waals surface area contributed by atoms with E-state index in [1.807, 2.05) is 0 Å². The third kappa shape index (κ3) is 11.5. The lowest BCUT2D eigenvalue weighted by molar-refractivity contribution is 0.611. The van der Waals surface area contributed by atoms with Gasteiger partial charge in [-0.15, -0.1) is 0 Å². The average molecular weight is 194 g/mol. The van der Waals surface area contributed by atoms with Crippen molar-refractivity contribution in [3.8, 4) is 0 Å². The Morgan fingerprint density at radius 3 is 2.21 bits per heavy atom. The molecule has 0 aliphatic heterocycles. The summed E-state index contributed by atoms with van der Waals surface area (Å²) < 4.78 is 0. The van der Waals surface area contributed by atoms with Crippen LogP contribution in [0.4, 0.5) is 0 Å². The summed E-state index contributed by atoms with van der Waals surface area (Å²) in [4.78, 5) is 0. The predicted molar refractivity (Wildman–Crippen MR) is 66.6 cm³/mol. The number of allylic oxidation sites excluding steroid dienone is 4. The molecule has 0 radical (unpaired) electrons. The Balaban J connectivity index is 3.01. The van der Waals surface area contributed by atoms with Gasteiger partial charge in [0.15, 0.2) is 0 Å². The first kappa shape index (κ1) is 13.5. The van der Waals surface area contributed by atoms with Crippen molar-refractivity contribution in [1.82, 2.24) is 0 Å². The second-order valence-electron chi connectivity index (χ2n) is 3.83. The Morgan fingerprint density at radius 2 is 1.50 bits per heavy atom. The largest absolute Gasteiger partial charge is 0.0914 e. The molecule has 0 rings (SSSR count). The van der Waals surface area contributed by atoms with Crippen LogP contribution in [-0.2, 0) is 0 Å². The quantitative estimate of drug-likeness (QED) is 0.347. The van der Waals surface area contributed by atoms with Crippen molar-refractivity contribution in [2.24, 2.45) is 0 Å². The third-order valence-corrected chi connectivity index (χ3v) is 2.40. The normalized spacial score (nSPS) is 11.9. The van der Waals surface area contributed by atoms with Crippen molar-refractivity contribution in [3.05, 3.63) is 24.3 Å². The van der Waals surface area contributed by atoms with E-state index in [9.17, 15) is 0 Å². The maximum absolute atomic E-state index is 2.32. The van der Waals surface area contributed by atoms with Crippen molar-refractivity contribution >= 4 is 0 Å². The number of rotatable bonds is 9. The van der Waals surface area contributed by atoms with E-state index in [-0.39, 0.29) is 0 Å².